The largest absolute Gasteiger partial charge is 0.388 e. The standard InChI is InChI=1S/C11H16N2O/c14-11-8-2-4-13-10(8)5-7-1-3-12-6-9(7)11/h5,7-9,12-13H,1-4,6H2. The minimum Gasteiger partial charge on any atom is -0.388 e. The molecule has 0 spiro atoms. The molecule has 2 heterocycles. The molecule has 3 atom stereocenters. The van der Waals surface area contributed by atoms with Crippen molar-refractivity contribution in [2.24, 2.45) is 17.8 Å². The van der Waals surface area contributed by atoms with Crippen LogP contribution in [0.25, 0.3) is 0 Å². The molecular formula is C11H16N2O. The van der Waals surface area contributed by atoms with Crippen molar-refractivity contribution >= 4 is 5.78 Å². The van der Waals surface area contributed by atoms with E-state index in [0.29, 0.717) is 11.7 Å². The van der Waals surface area contributed by atoms with Crippen LogP contribution >= 0.6 is 0 Å². The number of Topliss-reactive ketones (excluding diaryl/α,β-unsaturated/α-hetero) is 1. The first-order chi connectivity index (χ1) is 6.86. The van der Waals surface area contributed by atoms with Crippen molar-refractivity contribution in [2.75, 3.05) is 19.6 Å². The average molecular weight is 192 g/mol. The van der Waals surface area contributed by atoms with E-state index >= 15 is 0 Å². The van der Waals surface area contributed by atoms with E-state index in [4.69, 9.17) is 0 Å². The van der Waals surface area contributed by atoms with E-state index in [1.54, 1.807) is 0 Å². The molecule has 3 nitrogen and oxygen atoms in total. The Kier molecular flexibility index (Phi) is 1.87. The molecule has 0 amide bonds. The second kappa shape index (κ2) is 3.09. The van der Waals surface area contributed by atoms with Gasteiger partial charge in [-0.1, -0.05) is 6.08 Å². The Hall–Kier alpha value is -0.830. The number of carbonyl (C=O) groups excluding carboxylic acids is 1. The summed E-state index contributed by atoms with van der Waals surface area (Å²) in [4.78, 5) is 12.1. The molecule has 0 aromatic heterocycles. The average Bonchev–Trinajstić information content (AvgIpc) is 2.66. The lowest BCUT2D eigenvalue weighted by Gasteiger charge is -2.35. The first-order valence-electron chi connectivity index (χ1n) is 5.56. The number of hydrogen-bond acceptors (Lipinski definition) is 3. The van der Waals surface area contributed by atoms with Gasteiger partial charge in [0.2, 0.25) is 0 Å². The summed E-state index contributed by atoms with van der Waals surface area (Å²) < 4.78 is 0. The van der Waals surface area contributed by atoms with Crippen molar-refractivity contribution in [1.29, 1.82) is 0 Å². The number of nitrogens with one attached hydrogen (secondary N) is 2. The Bertz CT molecular complexity index is 298. The summed E-state index contributed by atoms with van der Waals surface area (Å²) in [5.41, 5.74) is 1.22. The highest BCUT2D eigenvalue weighted by Crippen LogP contribution is 2.36. The molecule has 3 unspecified atom stereocenters. The van der Waals surface area contributed by atoms with E-state index in [2.05, 4.69) is 16.7 Å². The Morgan fingerprint density at radius 3 is 3.14 bits per heavy atom. The topological polar surface area (TPSA) is 41.1 Å². The van der Waals surface area contributed by atoms with Gasteiger partial charge >= 0.3 is 0 Å². The van der Waals surface area contributed by atoms with Crippen LogP contribution in [0.4, 0.5) is 0 Å². The lowest BCUT2D eigenvalue weighted by Crippen LogP contribution is -2.45. The predicted octanol–water partition coefficient (Wildman–Crippen LogP) is 0.288. The van der Waals surface area contributed by atoms with Gasteiger partial charge < -0.3 is 10.6 Å². The second-order valence-electron chi connectivity index (χ2n) is 4.56. The van der Waals surface area contributed by atoms with E-state index in [1.807, 2.05) is 0 Å². The zero-order valence-electron chi connectivity index (χ0n) is 8.25. The smallest absolute Gasteiger partial charge is 0.146 e. The molecule has 3 aliphatic rings. The maximum absolute atomic E-state index is 12.1. The molecule has 14 heavy (non-hydrogen) atoms. The Morgan fingerprint density at radius 2 is 2.21 bits per heavy atom. The van der Waals surface area contributed by atoms with Gasteiger partial charge in [0, 0.05) is 24.7 Å². The summed E-state index contributed by atoms with van der Waals surface area (Å²) in [6.07, 6.45) is 4.45. The number of carbonyl (C=O) groups is 1. The molecular weight excluding hydrogens is 176 g/mol. The fraction of sp³-hybridized carbons (Fsp3) is 0.727. The fourth-order valence-electron chi connectivity index (χ4n) is 2.99. The monoisotopic (exact) mass is 192 g/mol. The summed E-state index contributed by atoms with van der Waals surface area (Å²) >= 11 is 0. The number of ketones is 1. The Labute approximate surface area is 83.9 Å². The van der Waals surface area contributed by atoms with Gasteiger partial charge in [-0.15, -0.1) is 0 Å². The minimum atomic E-state index is 0.205. The summed E-state index contributed by atoms with van der Waals surface area (Å²) in [6.45, 7) is 2.93. The Balaban J connectivity index is 1.93. The fourth-order valence-corrected chi connectivity index (χ4v) is 2.99. The molecule has 2 fully saturated rings. The number of hydrogen-bond donors (Lipinski definition) is 2. The van der Waals surface area contributed by atoms with Crippen LogP contribution in [0.15, 0.2) is 11.8 Å². The van der Waals surface area contributed by atoms with Crippen molar-refractivity contribution < 1.29 is 4.79 Å². The van der Waals surface area contributed by atoms with E-state index in [1.165, 1.54) is 5.70 Å². The highest BCUT2D eigenvalue weighted by molar-refractivity contribution is 5.88. The molecule has 0 bridgehead atoms. The van der Waals surface area contributed by atoms with Crippen molar-refractivity contribution in [1.82, 2.24) is 10.6 Å². The number of fused-ring (bicyclic) bond motifs is 2. The molecule has 2 N–H and O–H groups in total. The third-order valence-electron chi connectivity index (χ3n) is 3.78. The van der Waals surface area contributed by atoms with Gasteiger partial charge in [0.15, 0.2) is 0 Å². The molecule has 3 heteroatoms. The molecule has 3 rings (SSSR count). The van der Waals surface area contributed by atoms with Crippen molar-refractivity contribution in [3.8, 4) is 0 Å². The molecule has 0 saturated carbocycles. The van der Waals surface area contributed by atoms with Gasteiger partial charge in [-0.3, -0.25) is 4.79 Å². The molecule has 2 saturated heterocycles. The Morgan fingerprint density at radius 1 is 1.29 bits per heavy atom. The number of rotatable bonds is 0. The molecule has 0 radical (unpaired) electrons. The zero-order valence-corrected chi connectivity index (χ0v) is 8.25. The third kappa shape index (κ3) is 1.12. The van der Waals surface area contributed by atoms with Gasteiger partial charge in [0.1, 0.15) is 5.78 Å². The van der Waals surface area contributed by atoms with Gasteiger partial charge in [0.25, 0.3) is 0 Å². The highest BCUT2D eigenvalue weighted by atomic mass is 16.1. The highest BCUT2D eigenvalue weighted by Gasteiger charge is 2.41. The van der Waals surface area contributed by atoms with E-state index in [0.717, 1.165) is 32.5 Å². The zero-order chi connectivity index (χ0) is 9.54. The lowest BCUT2D eigenvalue weighted by atomic mass is 9.73. The summed E-state index contributed by atoms with van der Waals surface area (Å²) in [6, 6.07) is 0. The maximum Gasteiger partial charge on any atom is 0.146 e. The van der Waals surface area contributed by atoms with Crippen molar-refractivity contribution in [2.45, 2.75) is 12.8 Å². The summed E-state index contributed by atoms with van der Waals surface area (Å²) in [5, 5.41) is 6.67. The van der Waals surface area contributed by atoms with Crippen LogP contribution in [0.3, 0.4) is 0 Å². The van der Waals surface area contributed by atoms with Crippen LogP contribution in [0.2, 0.25) is 0 Å². The minimum absolute atomic E-state index is 0.205. The SMILES string of the molecule is O=C1C2CCNC2=CC2CCNCC12. The first kappa shape index (κ1) is 8.48. The lowest BCUT2D eigenvalue weighted by molar-refractivity contribution is -0.127. The molecule has 0 aromatic rings. The van der Waals surface area contributed by atoms with Crippen LogP contribution < -0.4 is 10.6 Å². The van der Waals surface area contributed by atoms with Crippen molar-refractivity contribution in [3.63, 3.8) is 0 Å². The van der Waals surface area contributed by atoms with Gasteiger partial charge in [-0.05, 0) is 25.3 Å². The van der Waals surface area contributed by atoms with Gasteiger partial charge in [0.05, 0.1) is 5.92 Å². The maximum atomic E-state index is 12.1. The summed E-state index contributed by atoms with van der Waals surface area (Å²) in [5.74, 6) is 1.44. The van der Waals surface area contributed by atoms with Crippen LogP contribution in [0.1, 0.15) is 12.8 Å². The molecule has 2 aliphatic heterocycles. The number of allylic oxidation sites excluding steroid dienone is 2. The molecule has 76 valence electrons. The van der Waals surface area contributed by atoms with E-state index < -0.39 is 0 Å². The van der Waals surface area contributed by atoms with Gasteiger partial charge in [-0.25, -0.2) is 0 Å². The van der Waals surface area contributed by atoms with E-state index in [-0.39, 0.29) is 11.8 Å². The van der Waals surface area contributed by atoms with Crippen LogP contribution in [-0.4, -0.2) is 25.4 Å². The first-order valence-corrected chi connectivity index (χ1v) is 5.56. The molecule has 0 aromatic carbocycles. The van der Waals surface area contributed by atoms with Crippen LogP contribution in [0.5, 0.6) is 0 Å². The predicted molar refractivity (Wildman–Crippen MR) is 53.7 cm³/mol. The van der Waals surface area contributed by atoms with Crippen molar-refractivity contribution in [3.05, 3.63) is 11.8 Å². The second-order valence-corrected chi connectivity index (χ2v) is 4.56. The van der Waals surface area contributed by atoms with Crippen LogP contribution in [0, 0.1) is 17.8 Å². The van der Waals surface area contributed by atoms with Gasteiger partial charge in [-0.2, -0.15) is 0 Å². The normalized spacial score (nSPS) is 41.0. The third-order valence-corrected chi connectivity index (χ3v) is 3.78. The summed E-state index contributed by atoms with van der Waals surface area (Å²) in [7, 11) is 0. The van der Waals surface area contributed by atoms with Crippen LogP contribution in [-0.2, 0) is 4.79 Å². The quantitative estimate of drug-likeness (QED) is 0.579. The molecule has 1 aliphatic carbocycles. The number of piperidine rings is 1. The van der Waals surface area contributed by atoms with E-state index in [9.17, 15) is 4.79 Å².